The molecular weight excluding hydrogens is 275 g/mol. The van der Waals surface area contributed by atoms with Gasteiger partial charge in [0, 0.05) is 12.3 Å². The fourth-order valence-electron chi connectivity index (χ4n) is 2.33. The maximum Gasteiger partial charge on any atom is 0.145 e. The fourth-order valence-corrected chi connectivity index (χ4v) is 2.52. The van der Waals surface area contributed by atoms with Crippen molar-refractivity contribution in [3.8, 4) is 0 Å². The molecule has 0 aliphatic rings. The van der Waals surface area contributed by atoms with Crippen LogP contribution < -0.4 is 0 Å². The van der Waals surface area contributed by atoms with Crippen LogP contribution in [0.15, 0.2) is 48.5 Å². The van der Waals surface area contributed by atoms with Gasteiger partial charge in [-0.1, -0.05) is 61.0 Å². The van der Waals surface area contributed by atoms with Gasteiger partial charge in [-0.25, -0.2) is 4.39 Å². The molecule has 2 aromatic rings. The molecule has 0 aliphatic heterocycles. The summed E-state index contributed by atoms with van der Waals surface area (Å²) in [4.78, 5) is 12.4. The van der Waals surface area contributed by atoms with E-state index in [1.807, 2.05) is 37.3 Å². The molecule has 0 fully saturated rings. The molecule has 1 nitrogen and oxygen atoms in total. The summed E-state index contributed by atoms with van der Waals surface area (Å²) < 4.78 is 13.8. The second-order valence-corrected chi connectivity index (χ2v) is 5.13. The van der Waals surface area contributed by atoms with Crippen LogP contribution in [0.2, 0.25) is 5.02 Å². The van der Waals surface area contributed by atoms with Crippen LogP contribution in [0.3, 0.4) is 0 Å². The van der Waals surface area contributed by atoms with Crippen molar-refractivity contribution in [2.75, 3.05) is 0 Å². The molecule has 0 bridgehead atoms. The smallest absolute Gasteiger partial charge is 0.145 e. The number of hydrogen-bond acceptors (Lipinski definition) is 1. The summed E-state index contributed by atoms with van der Waals surface area (Å²) in [6.45, 7) is 1.96. The molecule has 0 heterocycles. The number of carbonyl (C=O) groups excluding carboxylic acids is 1. The maximum atomic E-state index is 13.8. The first-order valence-corrected chi connectivity index (χ1v) is 7.01. The van der Waals surface area contributed by atoms with Crippen LogP contribution in [-0.4, -0.2) is 5.78 Å². The lowest BCUT2D eigenvalue weighted by Gasteiger charge is -2.14. The highest BCUT2D eigenvalue weighted by Crippen LogP contribution is 2.24. The first kappa shape index (κ1) is 14.7. The molecule has 0 N–H and O–H groups in total. The summed E-state index contributed by atoms with van der Waals surface area (Å²) in [6.07, 6.45) is 0.769. The van der Waals surface area contributed by atoms with Gasteiger partial charge in [0.15, 0.2) is 0 Å². The van der Waals surface area contributed by atoms with E-state index in [4.69, 9.17) is 11.6 Å². The van der Waals surface area contributed by atoms with E-state index in [1.54, 1.807) is 12.1 Å². The van der Waals surface area contributed by atoms with Gasteiger partial charge in [-0.3, -0.25) is 4.79 Å². The average Bonchev–Trinajstić information content (AvgIpc) is 2.46. The van der Waals surface area contributed by atoms with E-state index in [-0.39, 0.29) is 23.1 Å². The molecule has 0 spiro atoms. The van der Waals surface area contributed by atoms with Crippen LogP contribution >= 0.6 is 11.6 Å². The minimum atomic E-state index is -0.495. The molecule has 1 unspecified atom stereocenters. The Kier molecular flexibility index (Phi) is 4.91. The quantitative estimate of drug-likeness (QED) is 0.774. The predicted molar refractivity (Wildman–Crippen MR) is 79.6 cm³/mol. The standard InChI is InChI=1S/C17H16ClFO/c1-2-14(12-7-4-3-5-8-12)16(20)11-13-9-6-10-15(18)17(13)19/h3-10,14H,2,11H2,1H3. The fraction of sp³-hybridized carbons (Fsp3) is 0.235. The van der Waals surface area contributed by atoms with E-state index < -0.39 is 5.82 Å². The van der Waals surface area contributed by atoms with Gasteiger partial charge < -0.3 is 0 Å². The lowest BCUT2D eigenvalue weighted by Crippen LogP contribution is -2.15. The zero-order valence-corrected chi connectivity index (χ0v) is 12.0. The normalized spacial score (nSPS) is 12.2. The Morgan fingerprint density at radius 3 is 2.50 bits per heavy atom. The van der Waals surface area contributed by atoms with Crippen molar-refractivity contribution < 1.29 is 9.18 Å². The van der Waals surface area contributed by atoms with Gasteiger partial charge in [-0.05, 0) is 23.6 Å². The van der Waals surface area contributed by atoms with Crippen LogP contribution in [0.5, 0.6) is 0 Å². The molecule has 0 aliphatic carbocycles. The maximum absolute atomic E-state index is 13.8. The molecule has 0 amide bonds. The topological polar surface area (TPSA) is 17.1 Å². The van der Waals surface area contributed by atoms with Gasteiger partial charge in [0.05, 0.1) is 5.02 Å². The molecule has 3 heteroatoms. The highest BCUT2D eigenvalue weighted by Gasteiger charge is 2.20. The molecule has 2 aromatic carbocycles. The van der Waals surface area contributed by atoms with E-state index in [2.05, 4.69) is 0 Å². The van der Waals surface area contributed by atoms with Crippen LogP contribution in [0.25, 0.3) is 0 Å². The van der Waals surface area contributed by atoms with Crippen LogP contribution in [0.1, 0.15) is 30.4 Å². The summed E-state index contributed by atoms with van der Waals surface area (Å²) in [7, 11) is 0. The monoisotopic (exact) mass is 290 g/mol. The molecule has 2 rings (SSSR count). The number of rotatable bonds is 5. The lowest BCUT2D eigenvalue weighted by atomic mass is 9.89. The summed E-state index contributed by atoms with van der Waals surface area (Å²) in [6, 6.07) is 14.3. The van der Waals surface area contributed by atoms with Crippen molar-refractivity contribution in [1.29, 1.82) is 0 Å². The number of halogens is 2. The molecule has 20 heavy (non-hydrogen) atoms. The predicted octanol–water partition coefficient (Wildman–Crippen LogP) is 4.78. The Bertz CT molecular complexity index is 595. The van der Waals surface area contributed by atoms with Crippen molar-refractivity contribution >= 4 is 17.4 Å². The second kappa shape index (κ2) is 6.67. The van der Waals surface area contributed by atoms with Gasteiger partial charge in [-0.2, -0.15) is 0 Å². The largest absolute Gasteiger partial charge is 0.299 e. The number of Topliss-reactive ketones (excluding diaryl/α,β-unsaturated/α-hetero) is 1. The number of benzene rings is 2. The van der Waals surface area contributed by atoms with E-state index in [0.717, 1.165) is 5.56 Å². The highest BCUT2D eigenvalue weighted by molar-refractivity contribution is 6.30. The minimum Gasteiger partial charge on any atom is -0.299 e. The third kappa shape index (κ3) is 3.26. The SMILES string of the molecule is CCC(C(=O)Cc1cccc(Cl)c1F)c1ccccc1. The van der Waals surface area contributed by atoms with Crippen LogP contribution in [0, 0.1) is 5.82 Å². The van der Waals surface area contributed by atoms with E-state index in [9.17, 15) is 9.18 Å². The Morgan fingerprint density at radius 2 is 1.85 bits per heavy atom. The molecule has 0 saturated carbocycles. The van der Waals surface area contributed by atoms with E-state index >= 15 is 0 Å². The summed E-state index contributed by atoms with van der Waals surface area (Å²) in [5.74, 6) is -0.681. The summed E-state index contributed by atoms with van der Waals surface area (Å²) >= 11 is 5.74. The zero-order chi connectivity index (χ0) is 14.5. The third-order valence-electron chi connectivity index (χ3n) is 3.40. The minimum absolute atomic E-state index is 0.0138. The van der Waals surface area contributed by atoms with Gasteiger partial charge in [0.2, 0.25) is 0 Å². The summed E-state index contributed by atoms with van der Waals surface area (Å²) in [5, 5.41) is 0.0584. The van der Waals surface area contributed by atoms with Gasteiger partial charge in [0.1, 0.15) is 11.6 Å². The Morgan fingerprint density at radius 1 is 1.15 bits per heavy atom. The van der Waals surface area contributed by atoms with Gasteiger partial charge in [-0.15, -0.1) is 0 Å². The number of carbonyl (C=O) groups is 1. The Labute approximate surface area is 123 Å². The van der Waals surface area contributed by atoms with Crippen LogP contribution in [0.4, 0.5) is 4.39 Å². The molecule has 104 valence electrons. The molecular formula is C17H16ClFO. The highest BCUT2D eigenvalue weighted by atomic mass is 35.5. The molecule has 1 atom stereocenters. The number of hydrogen-bond donors (Lipinski definition) is 0. The van der Waals surface area contributed by atoms with Crippen molar-refractivity contribution in [1.82, 2.24) is 0 Å². The van der Waals surface area contributed by atoms with Crippen molar-refractivity contribution in [3.63, 3.8) is 0 Å². The van der Waals surface area contributed by atoms with Crippen molar-refractivity contribution in [2.24, 2.45) is 0 Å². The zero-order valence-electron chi connectivity index (χ0n) is 11.3. The van der Waals surface area contributed by atoms with Gasteiger partial charge >= 0.3 is 0 Å². The Hall–Kier alpha value is -1.67. The number of ketones is 1. The summed E-state index contributed by atoms with van der Waals surface area (Å²) in [5.41, 5.74) is 1.33. The average molecular weight is 291 g/mol. The molecule has 0 saturated heterocycles. The van der Waals surface area contributed by atoms with E-state index in [0.29, 0.717) is 12.0 Å². The third-order valence-corrected chi connectivity index (χ3v) is 3.69. The first-order valence-electron chi connectivity index (χ1n) is 6.64. The van der Waals surface area contributed by atoms with Crippen molar-refractivity contribution in [3.05, 3.63) is 70.5 Å². The Balaban J connectivity index is 2.20. The van der Waals surface area contributed by atoms with Crippen molar-refractivity contribution in [2.45, 2.75) is 25.7 Å². The molecule has 0 radical (unpaired) electrons. The lowest BCUT2D eigenvalue weighted by molar-refractivity contribution is -0.120. The van der Waals surface area contributed by atoms with Crippen LogP contribution in [-0.2, 0) is 11.2 Å². The van der Waals surface area contributed by atoms with E-state index in [1.165, 1.54) is 6.07 Å². The van der Waals surface area contributed by atoms with Gasteiger partial charge in [0.25, 0.3) is 0 Å². The molecule has 0 aromatic heterocycles. The second-order valence-electron chi connectivity index (χ2n) is 4.73. The first-order chi connectivity index (χ1) is 9.63.